The van der Waals surface area contributed by atoms with E-state index in [-0.39, 0.29) is 0 Å². The topological polar surface area (TPSA) is 42.4 Å². The fraction of sp³-hybridized carbons (Fsp3) is 0.615. The maximum absolute atomic E-state index is 10.3. The van der Waals surface area contributed by atoms with E-state index in [2.05, 4.69) is 20.9 Å². The lowest BCUT2D eigenvalue weighted by Crippen LogP contribution is -2.44. The van der Waals surface area contributed by atoms with Crippen LogP contribution in [0, 0.1) is 0 Å². The van der Waals surface area contributed by atoms with Gasteiger partial charge in [0.15, 0.2) is 0 Å². The first kappa shape index (κ1) is 14.6. The number of aromatic nitrogens is 1. The average Bonchev–Trinajstić information content (AvgIpc) is 2.32. The Hall–Kier alpha value is -0.450. The van der Waals surface area contributed by atoms with Crippen molar-refractivity contribution < 1.29 is 9.84 Å². The first-order chi connectivity index (χ1) is 8.07. The Morgan fingerprint density at radius 3 is 2.53 bits per heavy atom. The van der Waals surface area contributed by atoms with Crippen molar-refractivity contribution in [2.24, 2.45) is 0 Å². The normalized spacial score (nSPS) is 13.7. The highest BCUT2D eigenvalue weighted by molar-refractivity contribution is 9.10. The average molecular weight is 302 g/mol. The molecule has 96 valence electrons. The molecule has 3 nitrogen and oxygen atoms in total. The van der Waals surface area contributed by atoms with Crippen molar-refractivity contribution in [1.82, 2.24) is 4.98 Å². The van der Waals surface area contributed by atoms with Crippen molar-refractivity contribution in [2.45, 2.75) is 44.8 Å². The maximum Gasteiger partial charge on any atom is 0.0934 e. The molecular formula is C13H20BrNO2. The number of aliphatic hydroxyl groups is 1. The highest BCUT2D eigenvalue weighted by Gasteiger charge is 2.34. The second-order valence-electron chi connectivity index (χ2n) is 4.21. The molecule has 17 heavy (non-hydrogen) atoms. The van der Waals surface area contributed by atoms with Crippen LogP contribution in [0.2, 0.25) is 0 Å². The van der Waals surface area contributed by atoms with Crippen molar-refractivity contribution in [1.29, 1.82) is 0 Å². The van der Waals surface area contributed by atoms with Gasteiger partial charge in [0.05, 0.1) is 11.7 Å². The molecule has 1 aromatic heterocycles. The van der Waals surface area contributed by atoms with Crippen LogP contribution in [-0.2, 0) is 11.2 Å². The van der Waals surface area contributed by atoms with Crippen LogP contribution in [0.25, 0.3) is 0 Å². The van der Waals surface area contributed by atoms with Gasteiger partial charge in [0, 0.05) is 30.4 Å². The van der Waals surface area contributed by atoms with Crippen LogP contribution in [0.3, 0.4) is 0 Å². The molecule has 0 fully saturated rings. The minimum absolute atomic E-state index is 0.456. The lowest BCUT2D eigenvalue weighted by Gasteiger charge is -2.35. The summed E-state index contributed by atoms with van der Waals surface area (Å²) in [6.45, 7) is 4.07. The smallest absolute Gasteiger partial charge is 0.0934 e. The lowest BCUT2D eigenvalue weighted by atomic mass is 9.87. The Balaban J connectivity index is 2.80. The molecule has 0 aromatic carbocycles. The van der Waals surface area contributed by atoms with E-state index >= 15 is 0 Å². The number of methoxy groups -OCH3 is 1. The van der Waals surface area contributed by atoms with Gasteiger partial charge in [-0.3, -0.25) is 4.98 Å². The highest BCUT2D eigenvalue weighted by Crippen LogP contribution is 2.26. The van der Waals surface area contributed by atoms with E-state index in [9.17, 15) is 5.11 Å². The molecule has 1 rings (SSSR count). The summed E-state index contributed by atoms with van der Waals surface area (Å²) in [6, 6.07) is 1.97. The Kier molecular flexibility index (Phi) is 5.56. The molecular weight excluding hydrogens is 282 g/mol. The van der Waals surface area contributed by atoms with Crippen molar-refractivity contribution in [3.8, 4) is 0 Å². The minimum Gasteiger partial charge on any atom is -0.390 e. The van der Waals surface area contributed by atoms with E-state index in [1.165, 1.54) is 0 Å². The van der Waals surface area contributed by atoms with Gasteiger partial charge < -0.3 is 9.84 Å². The van der Waals surface area contributed by atoms with E-state index < -0.39 is 11.7 Å². The van der Waals surface area contributed by atoms with E-state index in [1.54, 1.807) is 19.5 Å². The summed E-state index contributed by atoms with van der Waals surface area (Å²) in [5.41, 5.74) is 0.553. The molecule has 0 aliphatic rings. The number of halogens is 1. The van der Waals surface area contributed by atoms with Crippen LogP contribution >= 0.6 is 15.9 Å². The third-order valence-corrected chi connectivity index (χ3v) is 3.83. The maximum atomic E-state index is 10.3. The molecule has 1 unspecified atom stereocenters. The molecule has 1 heterocycles. The Labute approximate surface area is 111 Å². The van der Waals surface area contributed by atoms with Gasteiger partial charge in [-0.05, 0) is 40.4 Å². The van der Waals surface area contributed by atoms with E-state index in [4.69, 9.17) is 4.74 Å². The van der Waals surface area contributed by atoms with Crippen LogP contribution in [0.4, 0.5) is 0 Å². The fourth-order valence-electron chi connectivity index (χ4n) is 2.12. The number of aliphatic hydroxyl groups excluding tert-OH is 1. The number of hydrogen-bond donors (Lipinski definition) is 1. The van der Waals surface area contributed by atoms with Gasteiger partial charge in [-0.25, -0.2) is 0 Å². The monoisotopic (exact) mass is 301 g/mol. The second-order valence-corrected chi connectivity index (χ2v) is 5.12. The summed E-state index contributed by atoms with van der Waals surface area (Å²) in [5, 5.41) is 10.3. The van der Waals surface area contributed by atoms with Gasteiger partial charge in [-0.2, -0.15) is 0 Å². The highest BCUT2D eigenvalue weighted by atomic mass is 79.9. The number of pyridine rings is 1. The number of ether oxygens (including phenoxy) is 1. The molecule has 4 heteroatoms. The van der Waals surface area contributed by atoms with E-state index in [1.807, 2.05) is 19.9 Å². The molecule has 0 amide bonds. The summed E-state index contributed by atoms with van der Waals surface area (Å²) in [6.07, 6.45) is 5.14. The molecule has 0 aliphatic heterocycles. The predicted molar refractivity (Wildman–Crippen MR) is 72.0 cm³/mol. The molecule has 0 aliphatic carbocycles. The van der Waals surface area contributed by atoms with Gasteiger partial charge >= 0.3 is 0 Å². The molecule has 1 aromatic rings. The first-order valence-corrected chi connectivity index (χ1v) is 6.70. The summed E-state index contributed by atoms with van der Waals surface area (Å²) < 4.78 is 6.45. The molecule has 0 spiro atoms. The molecule has 0 radical (unpaired) electrons. The van der Waals surface area contributed by atoms with Crippen LogP contribution in [-0.4, -0.2) is 28.9 Å². The standard InChI is InChI=1S/C13H20BrNO2/c1-4-13(5-2,17-3)12(16)7-10-6-11(14)9-15-8-10/h6,8-9,12,16H,4-5,7H2,1-3H3. The van der Waals surface area contributed by atoms with Crippen LogP contribution in [0.15, 0.2) is 22.9 Å². The lowest BCUT2D eigenvalue weighted by molar-refractivity contribution is -0.106. The fourth-order valence-corrected chi connectivity index (χ4v) is 2.53. The van der Waals surface area contributed by atoms with E-state index in [0.29, 0.717) is 6.42 Å². The van der Waals surface area contributed by atoms with Crippen molar-refractivity contribution in [2.75, 3.05) is 7.11 Å². The summed E-state index contributed by atoms with van der Waals surface area (Å²) in [4.78, 5) is 4.10. The molecule has 1 atom stereocenters. The predicted octanol–water partition coefficient (Wildman–Crippen LogP) is 2.95. The van der Waals surface area contributed by atoms with Gasteiger partial charge in [0.1, 0.15) is 0 Å². The van der Waals surface area contributed by atoms with Gasteiger partial charge in [-0.15, -0.1) is 0 Å². The van der Waals surface area contributed by atoms with Gasteiger partial charge in [0.25, 0.3) is 0 Å². The van der Waals surface area contributed by atoms with E-state index in [0.717, 1.165) is 22.9 Å². The zero-order chi connectivity index (χ0) is 12.9. The third kappa shape index (κ3) is 3.50. The number of nitrogens with zero attached hydrogens (tertiary/aromatic N) is 1. The van der Waals surface area contributed by atoms with Crippen LogP contribution < -0.4 is 0 Å². The number of hydrogen-bond acceptors (Lipinski definition) is 3. The zero-order valence-electron chi connectivity index (χ0n) is 10.6. The summed E-state index contributed by atoms with van der Waals surface area (Å²) >= 11 is 3.38. The van der Waals surface area contributed by atoms with Gasteiger partial charge in [-0.1, -0.05) is 13.8 Å². The Bertz CT molecular complexity index is 345. The second kappa shape index (κ2) is 6.47. The summed E-state index contributed by atoms with van der Waals surface area (Å²) in [5.74, 6) is 0. The zero-order valence-corrected chi connectivity index (χ0v) is 12.2. The Morgan fingerprint density at radius 2 is 2.06 bits per heavy atom. The molecule has 0 bridgehead atoms. The van der Waals surface area contributed by atoms with Crippen molar-refractivity contribution in [3.05, 3.63) is 28.5 Å². The Morgan fingerprint density at radius 1 is 1.41 bits per heavy atom. The molecule has 1 N–H and O–H groups in total. The van der Waals surface area contributed by atoms with Gasteiger partial charge in [0.2, 0.25) is 0 Å². The quantitative estimate of drug-likeness (QED) is 0.878. The SMILES string of the molecule is CCC(CC)(OC)C(O)Cc1cncc(Br)c1. The summed E-state index contributed by atoms with van der Waals surface area (Å²) in [7, 11) is 1.66. The molecule has 0 saturated carbocycles. The van der Waals surface area contributed by atoms with Crippen molar-refractivity contribution >= 4 is 15.9 Å². The van der Waals surface area contributed by atoms with Crippen LogP contribution in [0.5, 0.6) is 0 Å². The number of rotatable bonds is 6. The van der Waals surface area contributed by atoms with Crippen LogP contribution in [0.1, 0.15) is 32.3 Å². The third-order valence-electron chi connectivity index (χ3n) is 3.40. The largest absolute Gasteiger partial charge is 0.390 e. The van der Waals surface area contributed by atoms with Crippen molar-refractivity contribution in [3.63, 3.8) is 0 Å². The molecule has 0 saturated heterocycles. The first-order valence-electron chi connectivity index (χ1n) is 5.90. The minimum atomic E-state index is -0.515.